The maximum absolute atomic E-state index is 12.4. The molecule has 0 aromatic heterocycles. The van der Waals surface area contributed by atoms with Gasteiger partial charge in [-0.1, -0.05) is 0 Å². The van der Waals surface area contributed by atoms with Gasteiger partial charge < -0.3 is 20.0 Å². The third-order valence-corrected chi connectivity index (χ3v) is 3.97. The van der Waals surface area contributed by atoms with E-state index in [0.717, 1.165) is 13.1 Å². The first-order valence-electron chi connectivity index (χ1n) is 7.16. The van der Waals surface area contributed by atoms with Crippen LogP contribution in [0.4, 0.5) is 4.39 Å². The largest absolute Gasteiger partial charge is 0.340 e. The van der Waals surface area contributed by atoms with Crippen molar-refractivity contribution in [1.82, 2.24) is 20.0 Å². The maximum Gasteiger partial charge on any atom is 0.240 e. The minimum atomic E-state index is -0.537. The van der Waals surface area contributed by atoms with Crippen molar-refractivity contribution in [3.8, 4) is 0 Å². The topological polar surface area (TPSA) is 55.9 Å². The molecule has 114 valence electrons. The molecule has 0 bridgehead atoms. The summed E-state index contributed by atoms with van der Waals surface area (Å²) in [6, 6.07) is -0.498. The van der Waals surface area contributed by atoms with Crippen LogP contribution in [0.1, 0.15) is 6.42 Å². The summed E-state index contributed by atoms with van der Waals surface area (Å²) in [6.07, 6.45) is 0.172. The smallest absolute Gasteiger partial charge is 0.240 e. The van der Waals surface area contributed by atoms with Gasteiger partial charge in [0.15, 0.2) is 0 Å². The van der Waals surface area contributed by atoms with Crippen LogP contribution in [-0.4, -0.2) is 92.1 Å². The summed E-state index contributed by atoms with van der Waals surface area (Å²) >= 11 is 0. The van der Waals surface area contributed by atoms with Gasteiger partial charge in [-0.15, -0.1) is 0 Å². The number of carbonyl (C=O) groups excluding carboxylic acids is 2. The van der Waals surface area contributed by atoms with Gasteiger partial charge in [-0.3, -0.25) is 9.59 Å². The summed E-state index contributed by atoms with van der Waals surface area (Å²) in [5, 5.41) is 3.06. The lowest BCUT2D eigenvalue weighted by molar-refractivity contribution is -0.141. The van der Waals surface area contributed by atoms with Gasteiger partial charge >= 0.3 is 0 Å². The van der Waals surface area contributed by atoms with Gasteiger partial charge in [0.1, 0.15) is 6.67 Å². The van der Waals surface area contributed by atoms with Crippen LogP contribution < -0.4 is 5.32 Å². The van der Waals surface area contributed by atoms with Crippen LogP contribution in [0.3, 0.4) is 0 Å². The molecule has 6 nitrogen and oxygen atoms in total. The summed E-state index contributed by atoms with van der Waals surface area (Å²) in [6.45, 7) is 3.88. The van der Waals surface area contributed by atoms with E-state index >= 15 is 0 Å². The van der Waals surface area contributed by atoms with Gasteiger partial charge in [-0.25, -0.2) is 4.39 Å². The molecule has 2 heterocycles. The number of alkyl halides is 1. The first-order valence-corrected chi connectivity index (χ1v) is 7.16. The van der Waals surface area contributed by atoms with Gasteiger partial charge in [-0.05, 0) is 7.05 Å². The molecule has 0 aromatic carbocycles. The second-order valence-electron chi connectivity index (χ2n) is 5.41. The van der Waals surface area contributed by atoms with Crippen molar-refractivity contribution in [2.24, 2.45) is 0 Å². The molecule has 0 aromatic rings. The van der Waals surface area contributed by atoms with Crippen molar-refractivity contribution in [2.45, 2.75) is 12.5 Å². The molecule has 2 aliphatic rings. The highest BCUT2D eigenvalue weighted by atomic mass is 19.1. The first-order chi connectivity index (χ1) is 9.61. The number of likely N-dealkylation sites (N-methyl/N-ethyl adjacent to an activating group) is 1. The molecule has 0 aliphatic carbocycles. The average molecular weight is 286 g/mol. The van der Waals surface area contributed by atoms with Gasteiger partial charge in [0.25, 0.3) is 0 Å². The fraction of sp³-hybridized carbons (Fsp3) is 0.846. The van der Waals surface area contributed by atoms with Gasteiger partial charge in [0.2, 0.25) is 11.8 Å². The van der Waals surface area contributed by atoms with E-state index in [1.165, 1.54) is 4.90 Å². The van der Waals surface area contributed by atoms with Crippen LogP contribution >= 0.6 is 0 Å². The van der Waals surface area contributed by atoms with Gasteiger partial charge in [0, 0.05) is 45.8 Å². The zero-order chi connectivity index (χ0) is 14.5. The molecule has 2 amide bonds. The molecule has 2 fully saturated rings. The van der Waals surface area contributed by atoms with Crippen molar-refractivity contribution >= 4 is 11.8 Å². The molecule has 7 heteroatoms. The monoisotopic (exact) mass is 286 g/mol. The van der Waals surface area contributed by atoms with E-state index in [1.54, 1.807) is 0 Å². The summed E-state index contributed by atoms with van der Waals surface area (Å²) in [7, 11) is 2.03. The molecular weight excluding hydrogens is 263 g/mol. The second kappa shape index (κ2) is 6.99. The predicted octanol–water partition coefficient (Wildman–Crippen LogP) is -1.08. The fourth-order valence-electron chi connectivity index (χ4n) is 2.63. The lowest BCUT2D eigenvalue weighted by Crippen LogP contribution is -2.57. The Morgan fingerprint density at radius 2 is 2.00 bits per heavy atom. The zero-order valence-electron chi connectivity index (χ0n) is 12.0. The number of amides is 2. The highest BCUT2D eigenvalue weighted by Crippen LogP contribution is 2.09. The number of piperazine rings is 2. The Kier molecular flexibility index (Phi) is 5.31. The summed E-state index contributed by atoms with van der Waals surface area (Å²) in [5.41, 5.74) is 0. The Bertz CT molecular complexity index is 356. The Labute approximate surface area is 118 Å². The second-order valence-corrected chi connectivity index (χ2v) is 5.41. The number of rotatable bonds is 4. The predicted molar refractivity (Wildman–Crippen MR) is 73.0 cm³/mol. The minimum Gasteiger partial charge on any atom is -0.340 e. The van der Waals surface area contributed by atoms with Gasteiger partial charge in [0.05, 0.1) is 12.5 Å². The number of halogens is 1. The molecule has 2 aliphatic heterocycles. The normalized spacial score (nSPS) is 25.1. The zero-order valence-corrected chi connectivity index (χ0v) is 12.0. The summed E-state index contributed by atoms with van der Waals surface area (Å²) in [4.78, 5) is 29.8. The SMILES string of the molecule is CN1CCN(C(=O)CC2NCCN(CCF)C2=O)CC1. The fourth-order valence-corrected chi connectivity index (χ4v) is 2.63. The van der Waals surface area contributed by atoms with E-state index in [4.69, 9.17) is 0 Å². The highest BCUT2D eigenvalue weighted by Gasteiger charge is 2.31. The Morgan fingerprint density at radius 3 is 2.65 bits per heavy atom. The van der Waals surface area contributed by atoms with Crippen molar-refractivity contribution in [1.29, 1.82) is 0 Å². The third kappa shape index (κ3) is 3.67. The molecule has 1 N–H and O–H groups in total. The number of carbonyl (C=O) groups is 2. The number of nitrogens with zero attached hydrogens (tertiary/aromatic N) is 3. The number of nitrogens with one attached hydrogen (secondary N) is 1. The van der Waals surface area contributed by atoms with Crippen LogP contribution in [-0.2, 0) is 9.59 Å². The molecule has 0 saturated carbocycles. The molecular formula is C13H23FN4O2. The Hall–Kier alpha value is -1.21. The molecule has 2 saturated heterocycles. The quantitative estimate of drug-likeness (QED) is 0.714. The molecule has 1 unspecified atom stereocenters. The Morgan fingerprint density at radius 1 is 1.30 bits per heavy atom. The summed E-state index contributed by atoms with van der Waals surface area (Å²) < 4.78 is 12.4. The highest BCUT2D eigenvalue weighted by molar-refractivity contribution is 5.89. The minimum absolute atomic E-state index is 0.00560. The van der Waals surface area contributed by atoms with Crippen molar-refractivity contribution in [3.63, 3.8) is 0 Å². The standard InChI is InChI=1S/C13H23FN4O2/c1-16-6-8-17(9-7-16)12(19)10-11-13(20)18(4-2-14)5-3-15-11/h11,15H,2-10H2,1H3. The molecule has 0 radical (unpaired) electrons. The van der Waals surface area contributed by atoms with Crippen molar-refractivity contribution in [2.75, 3.05) is 59.5 Å². The van der Waals surface area contributed by atoms with Crippen LogP contribution in [0.15, 0.2) is 0 Å². The number of hydrogen-bond donors (Lipinski definition) is 1. The van der Waals surface area contributed by atoms with Crippen molar-refractivity contribution < 1.29 is 14.0 Å². The van der Waals surface area contributed by atoms with Crippen LogP contribution in [0, 0.1) is 0 Å². The lowest BCUT2D eigenvalue weighted by atomic mass is 10.1. The van der Waals surface area contributed by atoms with E-state index in [2.05, 4.69) is 10.2 Å². The first kappa shape index (κ1) is 15.2. The van der Waals surface area contributed by atoms with Gasteiger partial charge in [-0.2, -0.15) is 0 Å². The molecule has 2 rings (SSSR count). The van der Waals surface area contributed by atoms with Crippen molar-refractivity contribution in [3.05, 3.63) is 0 Å². The van der Waals surface area contributed by atoms with E-state index in [-0.39, 0.29) is 24.8 Å². The van der Waals surface area contributed by atoms with Crippen LogP contribution in [0.25, 0.3) is 0 Å². The molecule has 20 heavy (non-hydrogen) atoms. The third-order valence-electron chi connectivity index (χ3n) is 3.97. The molecule has 1 atom stereocenters. The van der Waals surface area contributed by atoms with E-state index in [1.807, 2.05) is 11.9 Å². The lowest BCUT2D eigenvalue weighted by Gasteiger charge is -2.35. The number of hydrogen-bond acceptors (Lipinski definition) is 4. The van der Waals surface area contributed by atoms with Crippen LogP contribution in [0.2, 0.25) is 0 Å². The van der Waals surface area contributed by atoms with E-state index in [0.29, 0.717) is 26.2 Å². The summed E-state index contributed by atoms with van der Waals surface area (Å²) in [5.74, 6) is -0.151. The van der Waals surface area contributed by atoms with E-state index in [9.17, 15) is 14.0 Å². The Balaban J connectivity index is 1.85. The van der Waals surface area contributed by atoms with Crippen LogP contribution in [0.5, 0.6) is 0 Å². The van der Waals surface area contributed by atoms with E-state index < -0.39 is 12.7 Å². The maximum atomic E-state index is 12.4. The molecule has 0 spiro atoms. The average Bonchev–Trinajstić information content (AvgIpc) is 2.44.